The van der Waals surface area contributed by atoms with Gasteiger partial charge in [-0.2, -0.15) is 0 Å². The van der Waals surface area contributed by atoms with E-state index in [2.05, 4.69) is 19.2 Å². The van der Waals surface area contributed by atoms with Crippen molar-refractivity contribution in [3.05, 3.63) is 0 Å². The summed E-state index contributed by atoms with van der Waals surface area (Å²) in [4.78, 5) is 0. The standard InChI is InChI=1S/C14H29NOS/c1-3-4-5-6-7-8-13(2)15-14-9-11-17(16)12-10-14/h13-15H,3-12H2,1-2H3. The van der Waals surface area contributed by atoms with Crippen LogP contribution in [-0.2, 0) is 10.8 Å². The lowest BCUT2D eigenvalue weighted by atomic mass is 10.1. The van der Waals surface area contributed by atoms with Crippen LogP contribution in [-0.4, -0.2) is 27.8 Å². The average molecular weight is 259 g/mol. The molecule has 1 heterocycles. The molecule has 1 aliphatic heterocycles. The minimum absolute atomic E-state index is 0.525. The molecule has 0 aromatic rings. The quantitative estimate of drug-likeness (QED) is 0.678. The van der Waals surface area contributed by atoms with Crippen LogP contribution in [0.5, 0.6) is 0 Å². The van der Waals surface area contributed by atoms with Gasteiger partial charge in [-0.25, -0.2) is 0 Å². The molecule has 0 bridgehead atoms. The van der Waals surface area contributed by atoms with Crippen molar-refractivity contribution in [3.63, 3.8) is 0 Å². The molecular formula is C14H29NOS. The molecular weight excluding hydrogens is 230 g/mol. The molecule has 0 aromatic heterocycles. The Morgan fingerprint density at radius 2 is 1.82 bits per heavy atom. The zero-order chi connectivity index (χ0) is 12.5. The van der Waals surface area contributed by atoms with E-state index >= 15 is 0 Å². The van der Waals surface area contributed by atoms with Crippen molar-refractivity contribution >= 4 is 10.8 Å². The van der Waals surface area contributed by atoms with Crippen molar-refractivity contribution in [2.45, 2.75) is 77.3 Å². The van der Waals surface area contributed by atoms with Crippen molar-refractivity contribution in [3.8, 4) is 0 Å². The molecule has 2 nitrogen and oxygen atoms in total. The molecule has 1 aliphatic rings. The van der Waals surface area contributed by atoms with Crippen molar-refractivity contribution in [2.75, 3.05) is 11.5 Å². The first-order valence-electron chi connectivity index (χ1n) is 7.33. The maximum absolute atomic E-state index is 11.3. The Hall–Kier alpha value is 0.110. The molecule has 1 N–H and O–H groups in total. The van der Waals surface area contributed by atoms with Crippen LogP contribution in [0, 0.1) is 0 Å². The van der Waals surface area contributed by atoms with E-state index in [9.17, 15) is 4.21 Å². The predicted molar refractivity (Wildman–Crippen MR) is 76.9 cm³/mol. The first-order chi connectivity index (χ1) is 8.22. The second kappa shape index (κ2) is 9.09. The van der Waals surface area contributed by atoms with Crippen LogP contribution in [0.1, 0.15) is 65.2 Å². The summed E-state index contributed by atoms with van der Waals surface area (Å²) in [6, 6.07) is 1.26. The number of unbranched alkanes of at least 4 members (excludes halogenated alkanes) is 4. The van der Waals surface area contributed by atoms with Crippen molar-refractivity contribution in [2.24, 2.45) is 0 Å². The van der Waals surface area contributed by atoms with Gasteiger partial charge >= 0.3 is 0 Å². The van der Waals surface area contributed by atoms with Crippen molar-refractivity contribution in [1.82, 2.24) is 5.32 Å². The van der Waals surface area contributed by atoms with Gasteiger partial charge in [0.2, 0.25) is 0 Å². The Kier molecular flexibility index (Phi) is 8.12. The van der Waals surface area contributed by atoms with Crippen LogP contribution in [0.4, 0.5) is 0 Å². The number of nitrogens with one attached hydrogen (secondary N) is 1. The highest BCUT2D eigenvalue weighted by molar-refractivity contribution is 7.85. The third kappa shape index (κ3) is 7.20. The molecule has 3 heteroatoms. The van der Waals surface area contributed by atoms with E-state index in [1.807, 2.05) is 0 Å². The van der Waals surface area contributed by atoms with E-state index < -0.39 is 10.8 Å². The fraction of sp³-hybridized carbons (Fsp3) is 1.00. The van der Waals surface area contributed by atoms with E-state index in [0.717, 1.165) is 24.3 Å². The van der Waals surface area contributed by atoms with Gasteiger partial charge in [0.15, 0.2) is 0 Å². The van der Waals surface area contributed by atoms with Gasteiger partial charge in [0.25, 0.3) is 0 Å². The second-order valence-electron chi connectivity index (χ2n) is 5.39. The lowest BCUT2D eigenvalue weighted by molar-refractivity contribution is 0.394. The van der Waals surface area contributed by atoms with Gasteiger partial charge in [-0.05, 0) is 26.2 Å². The summed E-state index contributed by atoms with van der Waals surface area (Å²) in [7, 11) is -0.525. The van der Waals surface area contributed by atoms with E-state index in [0.29, 0.717) is 12.1 Å². The van der Waals surface area contributed by atoms with Gasteiger partial charge in [0.1, 0.15) is 0 Å². The van der Waals surface area contributed by atoms with Crippen LogP contribution in [0.3, 0.4) is 0 Å². The molecule has 0 spiro atoms. The monoisotopic (exact) mass is 259 g/mol. The Balaban J connectivity index is 2.00. The van der Waals surface area contributed by atoms with Crippen LogP contribution < -0.4 is 5.32 Å². The van der Waals surface area contributed by atoms with Crippen molar-refractivity contribution < 1.29 is 4.21 Å². The first kappa shape index (κ1) is 15.2. The van der Waals surface area contributed by atoms with Gasteiger partial charge in [-0.3, -0.25) is 4.21 Å². The Bertz CT molecular complexity index is 210. The number of rotatable bonds is 8. The molecule has 17 heavy (non-hydrogen) atoms. The van der Waals surface area contributed by atoms with E-state index in [4.69, 9.17) is 0 Å². The van der Waals surface area contributed by atoms with E-state index in [-0.39, 0.29) is 0 Å². The average Bonchev–Trinajstić information content (AvgIpc) is 2.32. The van der Waals surface area contributed by atoms with Gasteiger partial charge in [0.05, 0.1) is 0 Å². The maximum Gasteiger partial charge on any atom is 0.0249 e. The topological polar surface area (TPSA) is 29.1 Å². The Morgan fingerprint density at radius 3 is 2.47 bits per heavy atom. The fourth-order valence-electron chi connectivity index (χ4n) is 2.50. The van der Waals surface area contributed by atoms with E-state index in [1.54, 1.807) is 0 Å². The SMILES string of the molecule is CCCCCCCC(C)NC1CCS(=O)CC1. The predicted octanol–water partition coefficient (Wildman–Crippen LogP) is 3.24. The molecule has 0 radical (unpaired) electrons. The van der Waals surface area contributed by atoms with Gasteiger partial charge in [-0.15, -0.1) is 0 Å². The summed E-state index contributed by atoms with van der Waals surface area (Å²) in [5.74, 6) is 1.81. The fourth-order valence-corrected chi connectivity index (χ4v) is 3.80. The highest BCUT2D eigenvalue weighted by Gasteiger charge is 2.18. The lowest BCUT2D eigenvalue weighted by Gasteiger charge is -2.26. The normalized spacial score (nSPS) is 26.9. The van der Waals surface area contributed by atoms with Crippen LogP contribution in [0.2, 0.25) is 0 Å². The Morgan fingerprint density at radius 1 is 1.18 bits per heavy atom. The van der Waals surface area contributed by atoms with Crippen LogP contribution in [0.15, 0.2) is 0 Å². The first-order valence-corrected chi connectivity index (χ1v) is 8.82. The molecule has 1 rings (SSSR count). The minimum atomic E-state index is -0.525. The molecule has 0 aromatic carbocycles. The van der Waals surface area contributed by atoms with Gasteiger partial charge in [-0.1, -0.05) is 39.0 Å². The zero-order valence-corrected chi connectivity index (χ0v) is 12.4. The van der Waals surface area contributed by atoms with Gasteiger partial charge < -0.3 is 5.32 Å². The third-order valence-corrected chi connectivity index (χ3v) is 5.03. The molecule has 0 saturated carbocycles. The summed E-state index contributed by atoms with van der Waals surface area (Å²) in [5.41, 5.74) is 0. The smallest absolute Gasteiger partial charge is 0.0249 e. The molecule has 0 amide bonds. The summed E-state index contributed by atoms with van der Waals surface area (Å²) in [6.45, 7) is 4.56. The Labute approximate surface area is 109 Å². The molecule has 1 atom stereocenters. The lowest BCUT2D eigenvalue weighted by Crippen LogP contribution is -2.40. The summed E-state index contributed by atoms with van der Waals surface area (Å²) >= 11 is 0. The maximum atomic E-state index is 11.3. The zero-order valence-electron chi connectivity index (χ0n) is 11.5. The summed E-state index contributed by atoms with van der Waals surface area (Å²) in [6.07, 6.45) is 10.3. The molecule has 1 unspecified atom stereocenters. The highest BCUT2D eigenvalue weighted by Crippen LogP contribution is 2.12. The summed E-state index contributed by atoms with van der Waals surface area (Å²) in [5, 5.41) is 3.70. The molecule has 0 aliphatic carbocycles. The van der Waals surface area contributed by atoms with E-state index in [1.165, 1.54) is 38.5 Å². The highest BCUT2D eigenvalue weighted by atomic mass is 32.2. The van der Waals surface area contributed by atoms with Crippen molar-refractivity contribution in [1.29, 1.82) is 0 Å². The van der Waals surface area contributed by atoms with Gasteiger partial charge in [0, 0.05) is 34.4 Å². The van der Waals surface area contributed by atoms with Crippen LogP contribution in [0.25, 0.3) is 0 Å². The second-order valence-corrected chi connectivity index (χ2v) is 7.09. The molecule has 102 valence electrons. The van der Waals surface area contributed by atoms with Crippen LogP contribution >= 0.6 is 0 Å². The molecule has 1 fully saturated rings. The minimum Gasteiger partial charge on any atom is -0.311 e. The third-order valence-electron chi connectivity index (χ3n) is 3.65. The number of hydrogen-bond acceptors (Lipinski definition) is 2. The summed E-state index contributed by atoms with van der Waals surface area (Å²) < 4.78 is 11.3. The molecule has 1 saturated heterocycles. The largest absolute Gasteiger partial charge is 0.311 e. The number of hydrogen-bond donors (Lipinski definition) is 1.